The molecule has 1 saturated heterocycles. The Kier molecular flexibility index (Phi) is 7.37. The van der Waals surface area contributed by atoms with Crippen molar-refractivity contribution in [3.8, 4) is 0 Å². The third-order valence-corrected chi connectivity index (χ3v) is 4.64. The molecule has 0 radical (unpaired) electrons. The van der Waals surface area contributed by atoms with Crippen molar-refractivity contribution in [2.75, 3.05) is 38.3 Å². The van der Waals surface area contributed by atoms with Crippen molar-refractivity contribution in [2.45, 2.75) is 44.7 Å². The number of non-ortho nitro benzene ring substituents is 1. The van der Waals surface area contributed by atoms with Crippen molar-refractivity contribution >= 4 is 17.5 Å². The van der Waals surface area contributed by atoms with Gasteiger partial charge in [-0.05, 0) is 26.8 Å². The van der Waals surface area contributed by atoms with Gasteiger partial charge in [0.2, 0.25) is 0 Å². The van der Waals surface area contributed by atoms with Crippen molar-refractivity contribution in [1.29, 1.82) is 0 Å². The lowest BCUT2D eigenvalue weighted by molar-refractivity contribution is -0.385. The van der Waals surface area contributed by atoms with E-state index >= 15 is 0 Å². The molecule has 1 aliphatic heterocycles. The molecule has 0 unspecified atom stereocenters. The number of nitro benzene ring substituents is 1. The molecule has 1 aliphatic rings. The zero-order chi connectivity index (χ0) is 23.6. The van der Waals surface area contributed by atoms with Crippen LogP contribution in [0.25, 0.3) is 0 Å². The highest BCUT2D eigenvalue weighted by Gasteiger charge is 2.43. The quantitative estimate of drug-likeness (QED) is 0.543. The number of aliphatic hydroxyl groups excluding tert-OH is 1. The number of ether oxygens (including phenoxy) is 2. The molecular weight excluding hydrogens is 423 g/mol. The molecule has 12 heteroatoms. The lowest BCUT2D eigenvalue weighted by Gasteiger charge is -2.43. The molecule has 1 fully saturated rings. The third-order valence-electron chi connectivity index (χ3n) is 4.64. The maximum Gasteiger partial charge on any atom is 0.418 e. The molecule has 31 heavy (non-hydrogen) atoms. The number of carbonyl (C=O) groups excluding carboxylic acids is 1. The van der Waals surface area contributed by atoms with Crippen molar-refractivity contribution < 1.29 is 37.5 Å². The summed E-state index contributed by atoms with van der Waals surface area (Å²) in [5, 5.41) is 20.9. The van der Waals surface area contributed by atoms with Crippen LogP contribution < -0.4 is 4.90 Å². The van der Waals surface area contributed by atoms with Crippen LogP contribution in [0.1, 0.15) is 32.4 Å². The van der Waals surface area contributed by atoms with Gasteiger partial charge in [0.1, 0.15) is 5.60 Å². The molecule has 0 spiro atoms. The van der Waals surface area contributed by atoms with Crippen LogP contribution in [-0.4, -0.2) is 72.2 Å². The van der Waals surface area contributed by atoms with Gasteiger partial charge in [0.15, 0.2) is 6.10 Å². The van der Waals surface area contributed by atoms with Gasteiger partial charge < -0.3 is 19.5 Å². The number of nitrogens with zero attached hydrogens (tertiary/aromatic N) is 3. The molecular formula is C19H26F3N3O6. The monoisotopic (exact) mass is 449 g/mol. The highest BCUT2D eigenvalue weighted by atomic mass is 19.4. The Labute approximate surface area is 177 Å². The minimum Gasteiger partial charge on any atom is -0.444 e. The summed E-state index contributed by atoms with van der Waals surface area (Å²) in [5.41, 5.74) is -1.92. The summed E-state index contributed by atoms with van der Waals surface area (Å²) >= 11 is 0. The van der Waals surface area contributed by atoms with Crippen LogP contribution in [0.2, 0.25) is 0 Å². The fraction of sp³-hybridized carbons (Fsp3) is 0.632. The van der Waals surface area contributed by atoms with Crippen molar-refractivity contribution in [2.24, 2.45) is 0 Å². The second kappa shape index (κ2) is 9.27. The number of carbonyl (C=O) groups is 1. The van der Waals surface area contributed by atoms with E-state index in [0.29, 0.717) is 0 Å². The summed E-state index contributed by atoms with van der Waals surface area (Å²) in [4.78, 5) is 25.7. The lowest BCUT2D eigenvalue weighted by Crippen LogP contribution is -2.58. The molecule has 1 heterocycles. The number of nitro groups is 1. The van der Waals surface area contributed by atoms with Crippen LogP contribution in [0, 0.1) is 10.1 Å². The molecule has 1 amide bonds. The van der Waals surface area contributed by atoms with E-state index in [0.717, 1.165) is 12.1 Å². The third kappa shape index (κ3) is 6.20. The number of methoxy groups -OCH3 is 1. The van der Waals surface area contributed by atoms with Crippen LogP contribution in [0.3, 0.4) is 0 Å². The highest BCUT2D eigenvalue weighted by molar-refractivity contribution is 5.69. The van der Waals surface area contributed by atoms with Crippen LogP contribution >= 0.6 is 0 Å². The fourth-order valence-electron chi connectivity index (χ4n) is 3.31. The van der Waals surface area contributed by atoms with Gasteiger partial charge in [0, 0.05) is 50.1 Å². The molecule has 1 aromatic carbocycles. The van der Waals surface area contributed by atoms with Gasteiger partial charge in [-0.1, -0.05) is 0 Å². The number of benzene rings is 1. The predicted molar refractivity (Wildman–Crippen MR) is 105 cm³/mol. The second-order valence-electron chi connectivity index (χ2n) is 8.17. The second-order valence-corrected chi connectivity index (χ2v) is 8.17. The van der Waals surface area contributed by atoms with E-state index in [-0.39, 0.29) is 31.9 Å². The topological polar surface area (TPSA) is 105 Å². The van der Waals surface area contributed by atoms with Crippen LogP contribution in [0.5, 0.6) is 0 Å². The molecule has 2 atom stereocenters. The number of aliphatic hydroxyl groups is 1. The average molecular weight is 449 g/mol. The summed E-state index contributed by atoms with van der Waals surface area (Å²) in [6.07, 6.45) is -8.48. The smallest absolute Gasteiger partial charge is 0.418 e. The lowest BCUT2D eigenvalue weighted by atomic mass is 10.0. The van der Waals surface area contributed by atoms with Gasteiger partial charge in [-0.15, -0.1) is 0 Å². The Bertz CT molecular complexity index is 812. The summed E-state index contributed by atoms with van der Waals surface area (Å²) in [5.74, 6) is 0. The first-order valence-corrected chi connectivity index (χ1v) is 9.51. The SMILES string of the molecule is COC[C@H]1CN(c2ccc([N+](=O)[O-])cc2[C@@H](O)C(F)(F)F)CCN1C(=O)OC(C)(C)C. The largest absolute Gasteiger partial charge is 0.444 e. The number of halogens is 3. The van der Waals surface area contributed by atoms with Crippen LogP contribution in [0.15, 0.2) is 18.2 Å². The molecule has 9 nitrogen and oxygen atoms in total. The first-order valence-electron chi connectivity index (χ1n) is 9.51. The normalized spacial score (nSPS) is 18.6. The van der Waals surface area contributed by atoms with E-state index in [1.54, 1.807) is 25.7 Å². The molecule has 1 aromatic rings. The van der Waals surface area contributed by atoms with Gasteiger partial charge >= 0.3 is 12.3 Å². The highest BCUT2D eigenvalue weighted by Crippen LogP contribution is 2.39. The van der Waals surface area contributed by atoms with Gasteiger partial charge in [-0.3, -0.25) is 15.0 Å². The Hall–Kier alpha value is -2.60. The zero-order valence-corrected chi connectivity index (χ0v) is 17.7. The Morgan fingerprint density at radius 1 is 1.32 bits per heavy atom. The first-order chi connectivity index (χ1) is 14.2. The number of hydrogen-bond donors (Lipinski definition) is 1. The first kappa shape index (κ1) is 24.7. The number of amides is 1. The molecule has 1 N–H and O–H groups in total. The summed E-state index contributed by atoms with van der Waals surface area (Å²) in [6, 6.07) is 2.43. The standard InChI is InChI=1S/C19H26F3N3O6/c1-18(2,3)31-17(27)24-8-7-23(10-13(24)11-30-4)15-6-5-12(25(28)29)9-14(15)16(26)19(20,21)22/h5-6,9,13,16,26H,7-8,10-11H2,1-4H3/t13-,16-/m1/s1. The van der Waals surface area contributed by atoms with Crippen LogP contribution in [-0.2, 0) is 9.47 Å². The fourth-order valence-corrected chi connectivity index (χ4v) is 3.31. The summed E-state index contributed by atoms with van der Waals surface area (Å²) < 4.78 is 50.2. The van der Waals surface area contributed by atoms with E-state index in [4.69, 9.17) is 9.47 Å². The minimum atomic E-state index is -5.01. The molecule has 0 bridgehead atoms. The number of hydrogen-bond acceptors (Lipinski definition) is 7. The Morgan fingerprint density at radius 2 is 1.97 bits per heavy atom. The van der Waals surface area contributed by atoms with Crippen LogP contribution in [0.4, 0.5) is 29.3 Å². The predicted octanol–water partition coefficient (Wildman–Crippen LogP) is 3.26. The van der Waals surface area contributed by atoms with E-state index in [2.05, 4.69) is 0 Å². The van der Waals surface area contributed by atoms with Crippen molar-refractivity contribution in [1.82, 2.24) is 4.90 Å². The average Bonchev–Trinajstić information content (AvgIpc) is 2.65. The van der Waals surface area contributed by atoms with Gasteiger partial charge in [-0.2, -0.15) is 13.2 Å². The van der Waals surface area contributed by atoms with Crippen molar-refractivity contribution in [3.05, 3.63) is 33.9 Å². The van der Waals surface area contributed by atoms with E-state index < -0.39 is 46.2 Å². The van der Waals surface area contributed by atoms with E-state index in [1.807, 2.05) is 0 Å². The van der Waals surface area contributed by atoms with Gasteiger partial charge in [0.05, 0.1) is 17.6 Å². The number of alkyl halides is 3. The van der Waals surface area contributed by atoms with Gasteiger partial charge in [-0.25, -0.2) is 4.79 Å². The van der Waals surface area contributed by atoms with E-state index in [9.17, 15) is 33.2 Å². The number of rotatable bonds is 5. The number of piperazine rings is 1. The Balaban J connectivity index is 2.36. The molecule has 174 valence electrons. The molecule has 2 rings (SSSR count). The maximum atomic E-state index is 13.2. The zero-order valence-electron chi connectivity index (χ0n) is 17.7. The van der Waals surface area contributed by atoms with Gasteiger partial charge in [0.25, 0.3) is 5.69 Å². The molecule has 0 aliphatic carbocycles. The minimum absolute atomic E-state index is 0.000340. The molecule has 0 aromatic heterocycles. The maximum absolute atomic E-state index is 13.2. The Morgan fingerprint density at radius 3 is 2.48 bits per heavy atom. The number of anilines is 1. The summed E-state index contributed by atoms with van der Waals surface area (Å²) in [7, 11) is 1.43. The van der Waals surface area contributed by atoms with Crippen molar-refractivity contribution in [3.63, 3.8) is 0 Å². The molecule has 0 saturated carbocycles. The summed E-state index contributed by atoms with van der Waals surface area (Å²) in [6.45, 7) is 5.59. The van der Waals surface area contributed by atoms with E-state index in [1.165, 1.54) is 18.1 Å².